The molecule has 0 saturated carbocycles. The standard InChI is InChI=1S/C14H10N4OS2/c19-8-10-12(9-4-1-2-6-15-9)16-14-18(10)17-13(21-14)11-5-3-7-20-11/h1-7,19H,8H2. The lowest BCUT2D eigenvalue weighted by Gasteiger charge is -1.99. The Hall–Kier alpha value is -2.09. The molecule has 4 aromatic heterocycles. The molecule has 0 aliphatic carbocycles. The van der Waals surface area contributed by atoms with Gasteiger partial charge in [0.25, 0.3) is 0 Å². The molecule has 0 atom stereocenters. The third-order valence-corrected chi connectivity index (χ3v) is 5.03. The second-order valence-electron chi connectivity index (χ2n) is 4.36. The van der Waals surface area contributed by atoms with Crippen LogP contribution in [0.4, 0.5) is 0 Å². The first-order valence-electron chi connectivity index (χ1n) is 6.31. The van der Waals surface area contributed by atoms with E-state index in [1.165, 1.54) is 11.3 Å². The largest absolute Gasteiger partial charge is 0.390 e. The molecule has 0 aromatic carbocycles. The van der Waals surface area contributed by atoms with Crippen molar-refractivity contribution in [2.24, 2.45) is 0 Å². The molecular formula is C14H10N4OS2. The smallest absolute Gasteiger partial charge is 0.213 e. The minimum atomic E-state index is -0.124. The summed E-state index contributed by atoms with van der Waals surface area (Å²) in [5.41, 5.74) is 2.11. The van der Waals surface area contributed by atoms with E-state index in [0.29, 0.717) is 11.4 Å². The molecule has 21 heavy (non-hydrogen) atoms. The average Bonchev–Trinajstić information content (AvgIpc) is 3.22. The third kappa shape index (κ3) is 2.06. The van der Waals surface area contributed by atoms with Crippen molar-refractivity contribution in [3.63, 3.8) is 0 Å². The Kier molecular flexibility index (Phi) is 3.03. The number of imidazole rings is 1. The maximum absolute atomic E-state index is 9.69. The van der Waals surface area contributed by atoms with Gasteiger partial charge in [-0.3, -0.25) is 4.98 Å². The van der Waals surface area contributed by atoms with Crippen LogP contribution < -0.4 is 0 Å². The quantitative estimate of drug-likeness (QED) is 0.631. The number of nitrogens with zero attached hydrogens (tertiary/aromatic N) is 4. The van der Waals surface area contributed by atoms with Gasteiger partial charge in [0, 0.05) is 6.20 Å². The lowest BCUT2D eigenvalue weighted by molar-refractivity contribution is 0.275. The van der Waals surface area contributed by atoms with Crippen molar-refractivity contribution in [2.45, 2.75) is 6.61 Å². The van der Waals surface area contributed by atoms with Gasteiger partial charge in [0.2, 0.25) is 4.96 Å². The number of hydrogen-bond donors (Lipinski definition) is 1. The van der Waals surface area contributed by atoms with Gasteiger partial charge < -0.3 is 5.11 Å². The van der Waals surface area contributed by atoms with Crippen molar-refractivity contribution >= 4 is 27.6 Å². The zero-order valence-corrected chi connectivity index (χ0v) is 12.4. The summed E-state index contributed by atoms with van der Waals surface area (Å²) in [7, 11) is 0. The van der Waals surface area contributed by atoms with Crippen molar-refractivity contribution in [1.82, 2.24) is 19.6 Å². The summed E-state index contributed by atoms with van der Waals surface area (Å²) in [4.78, 5) is 10.8. The fourth-order valence-electron chi connectivity index (χ4n) is 2.14. The summed E-state index contributed by atoms with van der Waals surface area (Å²) in [5.74, 6) is 0. The van der Waals surface area contributed by atoms with E-state index in [1.807, 2.05) is 35.7 Å². The zero-order chi connectivity index (χ0) is 14.2. The van der Waals surface area contributed by atoms with E-state index in [1.54, 1.807) is 22.0 Å². The van der Waals surface area contributed by atoms with Crippen LogP contribution in [0.15, 0.2) is 41.9 Å². The fourth-order valence-corrected chi connectivity index (χ4v) is 3.85. The third-order valence-electron chi connectivity index (χ3n) is 3.09. The van der Waals surface area contributed by atoms with E-state index < -0.39 is 0 Å². The summed E-state index contributed by atoms with van der Waals surface area (Å²) in [6.45, 7) is -0.124. The molecule has 0 saturated heterocycles. The number of aliphatic hydroxyl groups is 1. The Morgan fingerprint density at radius 1 is 1.19 bits per heavy atom. The minimum Gasteiger partial charge on any atom is -0.390 e. The normalized spacial score (nSPS) is 11.3. The van der Waals surface area contributed by atoms with Crippen LogP contribution in [0, 0.1) is 0 Å². The van der Waals surface area contributed by atoms with Gasteiger partial charge in [-0.25, -0.2) is 9.50 Å². The van der Waals surface area contributed by atoms with Crippen LogP contribution in [0.2, 0.25) is 0 Å². The predicted molar refractivity (Wildman–Crippen MR) is 83.3 cm³/mol. The highest BCUT2D eigenvalue weighted by molar-refractivity contribution is 7.23. The number of rotatable bonds is 3. The Balaban J connectivity index is 1.90. The van der Waals surface area contributed by atoms with Crippen molar-refractivity contribution in [3.05, 3.63) is 47.6 Å². The van der Waals surface area contributed by atoms with Crippen molar-refractivity contribution < 1.29 is 5.11 Å². The summed E-state index contributed by atoms with van der Waals surface area (Å²) in [6, 6.07) is 9.67. The summed E-state index contributed by atoms with van der Waals surface area (Å²) in [6.07, 6.45) is 1.72. The number of thiophene rings is 1. The molecule has 1 N–H and O–H groups in total. The number of pyridine rings is 1. The maximum atomic E-state index is 9.69. The van der Waals surface area contributed by atoms with E-state index in [2.05, 4.69) is 15.1 Å². The van der Waals surface area contributed by atoms with E-state index in [9.17, 15) is 5.11 Å². The van der Waals surface area contributed by atoms with Gasteiger partial charge in [0.1, 0.15) is 5.69 Å². The molecule has 0 bridgehead atoms. The molecule has 4 heterocycles. The van der Waals surface area contributed by atoms with Crippen LogP contribution in [0.25, 0.3) is 26.2 Å². The molecule has 0 spiro atoms. The van der Waals surface area contributed by atoms with E-state index >= 15 is 0 Å². The molecule has 4 aromatic rings. The van der Waals surface area contributed by atoms with Crippen molar-refractivity contribution in [3.8, 4) is 21.3 Å². The SMILES string of the molecule is OCc1c(-c2ccccn2)nc2sc(-c3cccs3)nn12. The maximum Gasteiger partial charge on any atom is 0.213 e. The molecule has 0 unspecified atom stereocenters. The van der Waals surface area contributed by atoms with Crippen LogP contribution in [-0.2, 0) is 6.61 Å². The van der Waals surface area contributed by atoms with Crippen LogP contribution in [0.5, 0.6) is 0 Å². The lowest BCUT2D eigenvalue weighted by Crippen LogP contribution is -1.96. The summed E-state index contributed by atoms with van der Waals surface area (Å²) in [5, 5.41) is 17.2. The summed E-state index contributed by atoms with van der Waals surface area (Å²) >= 11 is 3.15. The number of aliphatic hydroxyl groups excluding tert-OH is 1. The van der Waals surface area contributed by atoms with Gasteiger partial charge in [-0.05, 0) is 23.6 Å². The second kappa shape index (κ2) is 5.03. The van der Waals surface area contributed by atoms with Crippen LogP contribution in [0.3, 0.4) is 0 Å². The first-order valence-corrected chi connectivity index (χ1v) is 8.01. The molecule has 5 nitrogen and oxygen atoms in total. The topological polar surface area (TPSA) is 63.3 Å². The highest BCUT2D eigenvalue weighted by atomic mass is 32.1. The molecule has 104 valence electrons. The van der Waals surface area contributed by atoms with Gasteiger partial charge in [-0.1, -0.05) is 23.5 Å². The zero-order valence-electron chi connectivity index (χ0n) is 10.8. The highest BCUT2D eigenvalue weighted by Gasteiger charge is 2.18. The van der Waals surface area contributed by atoms with Crippen molar-refractivity contribution in [2.75, 3.05) is 0 Å². The van der Waals surface area contributed by atoms with Gasteiger partial charge in [-0.2, -0.15) is 5.10 Å². The fraction of sp³-hybridized carbons (Fsp3) is 0.0714. The molecule has 0 aliphatic heterocycles. The lowest BCUT2D eigenvalue weighted by atomic mass is 10.2. The number of aromatic nitrogens is 4. The second-order valence-corrected chi connectivity index (χ2v) is 6.26. The molecule has 4 rings (SSSR count). The Labute approximate surface area is 128 Å². The van der Waals surface area contributed by atoms with Crippen LogP contribution in [0.1, 0.15) is 5.69 Å². The molecule has 0 amide bonds. The first kappa shape index (κ1) is 12.6. The van der Waals surface area contributed by atoms with Gasteiger partial charge in [-0.15, -0.1) is 11.3 Å². The van der Waals surface area contributed by atoms with Crippen LogP contribution in [-0.4, -0.2) is 24.7 Å². The van der Waals surface area contributed by atoms with Gasteiger partial charge in [0.05, 0.1) is 22.9 Å². The van der Waals surface area contributed by atoms with E-state index in [4.69, 9.17) is 0 Å². The molecule has 0 aliphatic rings. The average molecular weight is 314 g/mol. The Bertz CT molecular complexity index is 881. The monoisotopic (exact) mass is 314 g/mol. The number of hydrogen-bond acceptors (Lipinski definition) is 6. The minimum absolute atomic E-state index is 0.124. The van der Waals surface area contributed by atoms with E-state index in [-0.39, 0.29) is 6.61 Å². The Morgan fingerprint density at radius 3 is 2.86 bits per heavy atom. The van der Waals surface area contributed by atoms with Gasteiger partial charge in [0.15, 0.2) is 5.01 Å². The predicted octanol–water partition coefficient (Wildman–Crippen LogP) is 3.07. The molecule has 0 radical (unpaired) electrons. The van der Waals surface area contributed by atoms with Crippen LogP contribution >= 0.6 is 22.7 Å². The van der Waals surface area contributed by atoms with E-state index in [0.717, 1.165) is 20.5 Å². The Morgan fingerprint density at radius 2 is 2.14 bits per heavy atom. The number of fused-ring (bicyclic) bond motifs is 1. The summed E-state index contributed by atoms with van der Waals surface area (Å²) < 4.78 is 1.71. The molecule has 0 fully saturated rings. The van der Waals surface area contributed by atoms with Crippen molar-refractivity contribution in [1.29, 1.82) is 0 Å². The highest BCUT2D eigenvalue weighted by Crippen LogP contribution is 2.32. The molecule has 7 heteroatoms. The molecular weight excluding hydrogens is 304 g/mol. The first-order chi connectivity index (χ1) is 10.4. The van der Waals surface area contributed by atoms with Gasteiger partial charge >= 0.3 is 0 Å².